The number of nitrogens with one attached hydrogen (secondary N) is 1. The van der Waals surface area contributed by atoms with Gasteiger partial charge in [-0.1, -0.05) is 34.1 Å². The standard InChI is InChI=1S/C20H23BrN2O4S/c1-15-2-6-17(14-19(15)21)22-20(24)9-5-16-3-7-18(8-4-16)28(25,26)23-10-12-27-13-11-23/h2-4,6-8,14H,5,9-13H2,1H3,(H,22,24). The minimum Gasteiger partial charge on any atom is -0.379 e. The van der Waals surface area contributed by atoms with Crippen LogP contribution in [-0.2, 0) is 26.0 Å². The molecule has 150 valence electrons. The van der Waals surface area contributed by atoms with Crippen LogP contribution in [0.3, 0.4) is 0 Å². The molecule has 8 heteroatoms. The van der Waals surface area contributed by atoms with E-state index in [0.29, 0.717) is 39.1 Å². The third kappa shape index (κ3) is 5.20. The van der Waals surface area contributed by atoms with Gasteiger partial charge in [0.1, 0.15) is 0 Å². The molecule has 0 atom stereocenters. The minimum atomic E-state index is -3.49. The van der Waals surface area contributed by atoms with E-state index in [4.69, 9.17) is 4.74 Å². The number of nitrogens with zero attached hydrogens (tertiary/aromatic N) is 1. The Balaban J connectivity index is 1.56. The normalized spacial score (nSPS) is 15.4. The summed E-state index contributed by atoms with van der Waals surface area (Å²) in [7, 11) is -3.49. The molecule has 1 fully saturated rings. The molecule has 1 aliphatic rings. The van der Waals surface area contributed by atoms with E-state index >= 15 is 0 Å². The maximum Gasteiger partial charge on any atom is 0.243 e. The molecule has 1 aliphatic heterocycles. The zero-order valence-corrected chi connectivity index (χ0v) is 18.1. The van der Waals surface area contributed by atoms with Crippen LogP contribution in [0.5, 0.6) is 0 Å². The molecule has 2 aromatic carbocycles. The van der Waals surface area contributed by atoms with Crippen LogP contribution in [0.2, 0.25) is 0 Å². The van der Waals surface area contributed by atoms with Gasteiger partial charge in [-0.25, -0.2) is 8.42 Å². The van der Waals surface area contributed by atoms with Crippen LogP contribution in [0, 0.1) is 6.92 Å². The zero-order valence-electron chi connectivity index (χ0n) is 15.7. The molecule has 0 unspecified atom stereocenters. The Morgan fingerprint density at radius 1 is 1.14 bits per heavy atom. The van der Waals surface area contributed by atoms with Gasteiger partial charge < -0.3 is 10.1 Å². The van der Waals surface area contributed by atoms with Gasteiger partial charge in [0.25, 0.3) is 0 Å². The van der Waals surface area contributed by atoms with Gasteiger partial charge >= 0.3 is 0 Å². The number of halogens is 1. The fourth-order valence-electron chi connectivity index (χ4n) is 2.92. The lowest BCUT2D eigenvalue weighted by molar-refractivity contribution is -0.116. The smallest absolute Gasteiger partial charge is 0.243 e. The van der Waals surface area contributed by atoms with E-state index in [0.717, 1.165) is 21.3 Å². The lowest BCUT2D eigenvalue weighted by Gasteiger charge is -2.26. The van der Waals surface area contributed by atoms with Gasteiger partial charge in [-0.3, -0.25) is 4.79 Å². The molecule has 1 heterocycles. The monoisotopic (exact) mass is 466 g/mol. The van der Waals surface area contributed by atoms with Crippen molar-refractivity contribution in [1.29, 1.82) is 0 Å². The van der Waals surface area contributed by atoms with Crippen molar-refractivity contribution in [2.24, 2.45) is 0 Å². The number of anilines is 1. The highest BCUT2D eigenvalue weighted by molar-refractivity contribution is 9.10. The third-order valence-electron chi connectivity index (χ3n) is 4.63. The molecule has 1 N–H and O–H groups in total. The highest BCUT2D eigenvalue weighted by atomic mass is 79.9. The molecule has 0 aromatic heterocycles. The molecule has 0 aliphatic carbocycles. The minimum absolute atomic E-state index is 0.0826. The molecule has 0 bridgehead atoms. The van der Waals surface area contributed by atoms with Crippen molar-refractivity contribution in [1.82, 2.24) is 4.31 Å². The number of sulfonamides is 1. The molecule has 6 nitrogen and oxygen atoms in total. The second kappa shape index (κ2) is 9.17. The van der Waals surface area contributed by atoms with Gasteiger partial charge in [-0.15, -0.1) is 0 Å². The molecule has 2 aromatic rings. The van der Waals surface area contributed by atoms with Crippen molar-refractivity contribution in [3.63, 3.8) is 0 Å². The Morgan fingerprint density at radius 3 is 2.46 bits per heavy atom. The number of carbonyl (C=O) groups is 1. The van der Waals surface area contributed by atoms with Crippen molar-refractivity contribution in [2.75, 3.05) is 31.6 Å². The van der Waals surface area contributed by atoms with Crippen molar-refractivity contribution in [3.05, 3.63) is 58.1 Å². The Bertz CT molecular complexity index is 939. The summed E-state index contributed by atoms with van der Waals surface area (Å²) in [6, 6.07) is 12.4. The van der Waals surface area contributed by atoms with Crippen LogP contribution in [0.1, 0.15) is 17.5 Å². The largest absolute Gasteiger partial charge is 0.379 e. The number of ether oxygens (including phenoxy) is 1. The number of morpholine rings is 1. The average molecular weight is 467 g/mol. The number of aryl methyl sites for hydroxylation is 2. The quantitative estimate of drug-likeness (QED) is 0.707. The third-order valence-corrected chi connectivity index (χ3v) is 7.39. The highest BCUT2D eigenvalue weighted by Gasteiger charge is 2.26. The summed E-state index contributed by atoms with van der Waals surface area (Å²) in [5.41, 5.74) is 2.76. The first kappa shape index (κ1) is 21.0. The van der Waals surface area contributed by atoms with Crippen LogP contribution >= 0.6 is 15.9 Å². The second-order valence-corrected chi connectivity index (χ2v) is 9.46. The number of amides is 1. The summed E-state index contributed by atoms with van der Waals surface area (Å²) in [4.78, 5) is 12.4. The first-order valence-electron chi connectivity index (χ1n) is 9.09. The molecule has 1 saturated heterocycles. The second-order valence-electron chi connectivity index (χ2n) is 6.67. The fourth-order valence-corrected chi connectivity index (χ4v) is 4.70. The van der Waals surface area contributed by atoms with Gasteiger partial charge in [0, 0.05) is 29.7 Å². The van der Waals surface area contributed by atoms with Crippen LogP contribution < -0.4 is 5.32 Å². The molecule has 0 saturated carbocycles. The van der Waals surface area contributed by atoms with E-state index in [2.05, 4.69) is 21.2 Å². The topological polar surface area (TPSA) is 75.7 Å². The summed E-state index contributed by atoms with van der Waals surface area (Å²) >= 11 is 3.45. The molecule has 0 spiro atoms. The van der Waals surface area contributed by atoms with Crippen LogP contribution in [0.4, 0.5) is 5.69 Å². The molecule has 1 amide bonds. The number of hydrogen-bond acceptors (Lipinski definition) is 4. The van der Waals surface area contributed by atoms with Crippen molar-refractivity contribution in [2.45, 2.75) is 24.7 Å². The van der Waals surface area contributed by atoms with Gasteiger partial charge in [0.2, 0.25) is 15.9 Å². The van der Waals surface area contributed by atoms with E-state index < -0.39 is 10.0 Å². The van der Waals surface area contributed by atoms with Crippen LogP contribution in [0.15, 0.2) is 51.8 Å². The number of hydrogen-bond donors (Lipinski definition) is 1. The van der Waals surface area contributed by atoms with Crippen LogP contribution in [0.25, 0.3) is 0 Å². The lowest BCUT2D eigenvalue weighted by atomic mass is 10.1. The summed E-state index contributed by atoms with van der Waals surface area (Å²) in [5, 5.41) is 2.88. The fraction of sp³-hybridized carbons (Fsp3) is 0.350. The number of benzene rings is 2. The van der Waals surface area contributed by atoms with E-state index in [1.165, 1.54) is 4.31 Å². The zero-order chi connectivity index (χ0) is 20.1. The lowest BCUT2D eigenvalue weighted by Crippen LogP contribution is -2.40. The first-order chi connectivity index (χ1) is 13.4. The average Bonchev–Trinajstić information content (AvgIpc) is 2.70. The van der Waals surface area contributed by atoms with Crippen LogP contribution in [-0.4, -0.2) is 44.9 Å². The van der Waals surface area contributed by atoms with Gasteiger partial charge in [0.15, 0.2) is 0 Å². The summed E-state index contributed by atoms with van der Waals surface area (Å²) in [5.74, 6) is -0.0826. The van der Waals surface area contributed by atoms with Gasteiger partial charge in [0.05, 0.1) is 18.1 Å². The Morgan fingerprint density at radius 2 is 1.82 bits per heavy atom. The first-order valence-corrected chi connectivity index (χ1v) is 11.3. The van der Waals surface area contributed by atoms with Crippen molar-refractivity contribution in [3.8, 4) is 0 Å². The van der Waals surface area contributed by atoms with Crippen molar-refractivity contribution >= 4 is 37.5 Å². The van der Waals surface area contributed by atoms with Gasteiger partial charge in [-0.2, -0.15) is 4.31 Å². The van der Waals surface area contributed by atoms with E-state index in [1.807, 2.05) is 25.1 Å². The summed E-state index contributed by atoms with van der Waals surface area (Å²) < 4.78 is 32.8. The Hall–Kier alpha value is -1.74. The number of carbonyl (C=O) groups excluding carboxylic acids is 1. The van der Waals surface area contributed by atoms with E-state index in [1.54, 1.807) is 24.3 Å². The molecular weight excluding hydrogens is 444 g/mol. The van der Waals surface area contributed by atoms with E-state index in [9.17, 15) is 13.2 Å². The molecule has 0 radical (unpaired) electrons. The molecular formula is C20H23BrN2O4S. The maximum absolute atomic E-state index is 12.6. The predicted molar refractivity (Wildman–Crippen MR) is 112 cm³/mol. The van der Waals surface area contributed by atoms with E-state index in [-0.39, 0.29) is 10.8 Å². The summed E-state index contributed by atoms with van der Waals surface area (Å²) in [6.45, 7) is 3.57. The predicted octanol–water partition coefficient (Wildman–Crippen LogP) is 3.35. The van der Waals surface area contributed by atoms with Crippen molar-refractivity contribution < 1.29 is 17.9 Å². The Kier molecular flexibility index (Phi) is 6.87. The molecule has 3 rings (SSSR count). The Labute approximate surface area is 174 Å². The highest BCUT2D eigenvalue weighted by Crippen LogP contribution is 2.21. The van der Waals surface area contributed by atoms with Gasteiger partial charge in [-0.05, 0) is 48.7 Å². The SMILES string of the molecule is Cc1ccc(NC(=O)CCc2ccc(S(=O)(=O)N3CCOCC3)cc2)cc1Br. The summed E-state index contributed by atoms with van der Waals surface area (Å²) in [6.07, 6.45) is 0.859. The molecule has 28 heavy (non-hydrogen) atoms. The maximum atomic E-state index is 12.6. The number of rotatable bonds is 6.